The number of hydrogen-bond acceptors (Lipinski definition) is 6. The quantitative estimate of drug-likeness (QED) is 0.839. The Morgan fingerprint density at radius 1 is 1.38 bits per heavy atom. The molecule has 1 fully saturated rings. The maximum absolute atomic E-state index is 12.1. The third-order valence-electron chi connectivity index (χ3n) is 3.63. The second-order valence-electron chi connectivity index (χ2n) is 6.78. The maximum atomic E-state index is 12.1. The first-order valence-electron chi connectivity index (χ1n) is 7.83. The van der Waals surface area contributed by atoms with Crippen LogP contribution in [0.3, 0.4) is 0 Å². The fraction of sp³-hybridized carbons (Fsp3) is 0.500. The molecular weight excluding hydrogens is 330 g/mol. The van der Waals surface area contributed by atoms with Gasteiger partial charge in [0.05, 0.1) is 5.52 Å². The Bertz CT molecular complexity index is 762. The molecule has 0 bridgehead atoms. The molecule has 1 N–H and O–H groups in total. The van der Waals surface area contributed by atoms with Gasteiger partial charge in [-0.15, -0.1) is 0 Å². The number of ether oxygens (including phenoxy) is 1. The minimum Gasteiger partial charge on any atom is -0.444 e. The van der Waals surface area contributed by atoms with E-state index >= 15 is 0 Å². The topological polar surface area (TPSA) is 80.2 Å². The third kappa shape index (κ3) is 3.84. The first kappa shape index (κ1) is 16.7. The van der Waals surface area contributed by atoms with Crippen LogP contribution >= 0.6 is 11.6 Å². The smallest absolute Gasteiger partial charge is 0.410 e. The number of likely N-dealkylation sites (tertiary alicyclic amines) is 1. The number of aromatic nitrogens is 3. The summed E-state index contributed by atoms with van der Waals surface area (Å²) in [5.41, 5.74) is 0.853. The molecule has 0 spiro atoms. The van der Waals surface area contributed by atoms with Crippen LogP contribution in [0.5, 0.6) is 0 Å². The van der Waals surface area contributed by atoms with Crippen molar-refractivity contribution in [1.29, 1.82) is 0 Å². The van der Waals surface area contributed by atoms with Crippen molar-refractivity contribution in [3.05, 3.63) is 23.6 Å². The number of carbonyl (C=O) groups excluding carboxylic acids is 1. The van der Waals surface area contributed by atoms with Crippen LogP contribution in [-0.4, -0.2) is 50.7 Å². The molecule has 0 aliphatic carbocycles. The summed E-state index contributed by atoms with van der Waals surface area (Å²) in [7, 11) is 0. The number of anilines is 1. The van der Waals surface area contributed by atoms with Crippen molar-refractivity contribution in [3.63, 3.8) is 0 Å². The summed E-state index contributed by atoms with van der Waals surface area (Å²) >= 11 is 5.97. The van der Waals surface area contributed by atoms with Gasteiger partial charge in [0.15, 0.2) is 5.82 Å². The van der Waals surface area contributed by atoms with E-state index in [1.807, 2.05) is 20.8 Å². The predicted molar refractivity (Wildman–Crippen MR) is 92.2 cm³/mol. The molecule has 3 rings (SSSR count). The number of nitrogens with one attached hydrogen (secondary N) is 1. The fourth-order valence-electron chi connectivity index (χ4n) is 2.59. The lowest BCUT2D eigenvalue weighted by Gasteiger charge is -2.24. The van der Waals surface area contributed by atoms with Crippen LogP contribution < -0.4 is 5.32 Å². The average Bonchev–Trinajstić information content (AvgIpc) is 2.95. The average molecular weight is 350 g/mol. The molecule has 8 heteroatoms. The number of rotatable bonds is 2. The van der Waals surface area contributed by atoms with Crippen LogP contribution in [0.15, 0.2) is 18.5 Å². The number of pyridine rings is 1. The zero-order chi connectivity index (χ0) is 17.3. The number of halogens is 1. The third-order valence-corrected chi connectivity index (χ3v) is 3.84. The Hall–Kier alpha value is -2.15. The monoisotopic (exact) mass is 349 g/mol. The highest BCUT2D eigenvalue weighted by Crippen LogP contribution is 2.23. The van der Waals surface area contributed by atoms with Crippen LogP contribution in [-0.2, 0) is 4.74 Å². The first-order chi connectivity index (χ1) is 11.3. The number of hydrogen-bond donors (Lipinski definition) is 1. The molecule has 0 unspecified atom stereocenters. The zero-order valence-corrected chi connectivity index (χ0v) is 14.7. The number of nitrogens with zero attached hydrogens (tertiary/aromatic N) is 4. The molecular formula is C16H20ClN5O2. The highest BCUT2D eigenvalue weighted by molar-refractivity contribution is 6.29. The van der Waals surface area contributed by atoms with E-state index in [0.717, 1.165) is 11.9 Å². The summed E-state index contributed by atoms with van der Waals surface area (Å²) in [5, 5.41) is 3.73. The minimum absolute atomic E-state index is 0.0800. The molecule has 0 saturated carbocycles. The summed E-state index contributed by atoms with van der Waals surface area (Å²) < 4.78 is 5.41. The number of amides is 1. The van der Waals surface area contributed by atoms with Gasteiger partial charge >= 0.3 is 6.09 Å². The molecule has 2 aromatic rings. The van der Waals surface area contributed by atoms with Crippen LogP contribution in [0.25, 0.3) is 11.0 Å². The molecule has 1 atom stereocenters. The lowest BCUT2D eigenvalue weighted by atomic mass is 10.2. The highest BCUT2D eigenvalue weighted by Gasteiger charge is 2.30. The second kappa shape index (κ2) is 6.39. The van der Waals surface area contributed by atoms with E-state index in [2.05, 4.69) is 20.3 Å². The van der Waals surface area contributed by atoms with Crippen LogP contribution in [0.1, 0.15) is 27.2 Å². The fourth-order valence-corrected chi connectivity index (χ4v) is 2.73. The Balaban J connectivity index is 1.70. The van der Waals surface area contributed by atoms with E-state index in [9.17, 15) is 4.79 Å². The van der Waals surface area contributed by atoms with Gasteiger partial charge in [-0.1, -0.05) is 11.6 Å². The van der Waals surface area contributed by atoms with Gasteiger partial charge in [0, 0.05) is 19.1 Å². The number of carbonyl (C=O) groups is 1. The van der Waals surface area contributed by atoms with Crippen LogP contribution in [0.4, 0.5) is 10.6 Å². The summed E-state index contributed by atoms with van der Waals surface area (Å²) in [6.45, 7) is 6.78. The lowest BCUT2D eigenvalue weighted by molar-refractivity contribution is 0.0293. The van der Waals surface area contributed by atoms with E-state index in [-0.39, 0.29) is 12.1 Å². The van der Waals surface area contributed by atoms with Gasteiger partial charge in [0.2, 0.25) is 0 Å². The van der Waals surface area contributed by atoms with Gasteiger partial charge < -0.3 is 15.0 Å². The van der Waals surface area contributed by atoms with Crippen molar-refractivity contribution in [2.24, 2.45) is 0 Å². The van der Waals surface area contributed by atoms with E-state index in [4.69, 9.17) is 16.3 Å². The van der Waals surface area contributed by atoms with Gasteiger partial charge in [-0.2, -0.15) is 0 Å². The molecule has 0 aromatic carbocycles. The maximum Gasteiger partial charge on any atom is 0.410 e. The Kier molecular flexibility index (Phi) is 4.45. The number of fused-ring (bicyclic) bond motifs is 1. The zero-order valence-electron chi connectivity index (χ0n) is 13.9. The second-order valence-corrected chi connectivity index (χ2v) is 7.17. The summed E-state index contributed by atoms with van der Waals surface area (Å²) in [5.74, 6) is 0.624. The van der Waals surface area contributed by atoms with Gasteiger partial charge in [-0.05, 0) is 39.3 Å². The molecule has 24 heavy (non-hydrogen) atoms. The molecule has 128 valence electrons. The van der Waals surface area contributed by atoms with Gasteiger partial charge in [-0.25, -0.2) is 19.7 Å². The molecule has 1 aliphatic heterocycles. The molecule has 1 saturated heterocycles. The summed E-state index contributed by atoms with van der Waals surface area (Å²) in [4.78, 5) is 26.6. The molecule has 7 nitrogen and oxygen atoms in total. The van der Waals surface area contributed by atoms with Gasteiger partial charge in [0.25, 0.3) is 0 Å². The summed E-state index contributed by atoms with van der Waals surface area (Å²) in [6.07, 6.45) is 2.01. The van der Waals surface area contributed by atoms with Crippen molar-refractivity contribution in [1.82, 2.24) is 19.9 Å². The van der Waals surface area contributed by atoms with Crippen molar-refractivity contribution >= 4 is 34.5 Å². The standard InChI is InChI=1S/C16H20ClN5O2/c1-16(2,3)24-15(23)22-7-6-10(8-22)20-14-13-11(18-9-19-14)4-5-12(17)21-13/h4-5,9-10H,6-8H2,1-3H3,(H,18,19,20)/t10-/m0/s1. The molecule has 3 heterocycles. The lowest BCUT2D eigenvalue weighted by Crippen LogP contribution is -2.36. The van der Waals surface area contributed by atoms with Gasteiger partial charge in [-0.3, -0.25) is 0 Å². The van der Waals surface area contributed by atoms with E-state index in [0.29, 0.717) is 29.6 Å². The molecule has 0 radical (unpaired) electrons. The van der Waals surface area contributed by atoms with E-state index in [1.165, 1.54) is 6.33 Å². The van der Waals surface area contributed by atoms with Gasteiger partial charge in [0.1, 0.15) is 22.6 Å². The normalized spacial score (nSPS) is 18.0. The van der Waals surface area contributed by atoms with E-state index < -0.39 is 5.60 Å². The van der Waals surface area contributed by atoms with E-state index in [1.54, 1.807) is 17.0 Å². The van der Waals surface area contributed by atoms with Crippen LogP contribution in [0, 0.1) is 0 Å². The largest absolute Gasteiger partial charge is 0.444 e. The first-order valence-corrected chi connectivity index (χ1v) is 8.21. The molecule has 1 aliphatic rings. The summed E-state index contributed by atoms with van der Waals surface area (Å²) in [6, 6.07) is 3.58. The molecule has 2 aromatic heterocycles. The van der Waals surface area contributed by atoms with Crippen LogP contribution in [0.2, 0.25) is 5.15 Å². The Morgan fingerprint density at radius 2 is 2.17 bits per heavy atom. The van der Waals surface area contributed by atoms with Crippen molar-refractivity contribution in [2.45, 2.75) is 38.8 Å². The molecule has 1 amide bonds. The minimum atomic E-state index is -0.494. The Labute approximate surface area is 145 Å². The SMILES string of the molecule is CC(C)(C)OC(=O)N1CC[C@H](Nc2ncnc3ccc(Cl)nc23)C1. The highest BCUT2D eigenvalue weighted by atomic mass is 35.5. The van der Waals surface area contributed by atoms with Crippen molar-refractivity contribution in [2.75, 3.05) is 18.4 Å². The van der Waals surface area contributed by atoms with Crippen molar-refractivity contribution in [3.8, 4) is 0 Å². The predicted octanol–water partition coefficient (Wildman–Crippen LogP) is 3.10. The Morgan fingerprint density at radius 3 is 2.92 bits per heavy atom. The van der Waals surface area contributed by atoms with Crippen molar-refractivity contribution < 1.29 is 9.53 Å².